The number of carbonyl (C=O) groups excluding carboxylic acids is 1. The molecule has 2 rings (SSSR count). The Morgan fingerprint density at radius 1 is 1.37 bits per heavy atom. The van der Waals surface area contributed by atoms with Crippen LogP contribution in [0, 0.1) is 21.4 Å². The minimum atomic E-state index is -1.30. The quantitative estimate of drug-likeness (QED) is 0.416. The van der Waals surface area contributed by atoms with Gasteiger partial charge in [0.1, 0.15) is 0 Å². The van der Waals surface area contributed by atoms with Crippen molar-refractivity contribution in [2.24, 2.45) is 11.3 Å². The van der Waals surface area contributed by atoms with Gasteiger partial charge in [-0.25, -0.2) is 4.79 Å². The molecule has 1 amide bonds. The third-order valence-electron chi connectivity index (χ3n) is 4.97. The van der Waals surface area contributed by atoms with E-state index in [2.05, 4.69) is 0 Å². The Morgan fingerprint density at radius 2 is 2.07 bits per heavy atom. The van der Waals surface area contributed by atoms with Crippen molar-refractivity contribution >= 4 is 12.1 Å². The zero-order valence-electron chi connectivity index (χ0n) is 15.2. The van der Waals surface area contributed by atoms with Crippen LogP contribution >= 0.6 is 0 Å². The van der Waals surface area contributed by atoms with Crippen LogP contribution in [0.3, 0.4) is 0 Å². The fraction of sp³-hybridized carbons (Fsp3) is 0.556. The standard InChI is InChI=1S/C18H24N2O7/c1-26-16(21)18(8-5-9-19(13-18)17(22)23)15(10-20(24)25)12-27-11-14-6-3-2-4-7-14/h2-4,6-7,15H,5,8-13H2,1H3,(H,22,23). The largest absolute Gasteiger partial charge is 0.469 e. The molecule has 0 spiro atoms. The lowest BCUT2D eigenvalue weighted by molar-refractivity contribution is -0.493. The van der Waals surface area contributed by atoms with Crippen molar-refractivity contribution in [1.29, 1.82) is 0 Å². The van der Waals surface area contributed by atoms with Crippen molar-refractivity contribution in [1.82, 2.24) is 4.90 Å². The molecule has 1 aliphatic rings. The van der Waals surface area contributed by atoms with Crippen LogP contribution in [-0.4, -0.2) is 60.3 Å². The number of hydrogen-bond acceptors (Lipinski definition) is 6. The molecule has 0 bridgehead atoms. The minimum Gasteiger partial charge on any atom is -0.469 e. The average molecular weight is 380 g/mol. The first-order valence-corrected chi connectivity index (χ1v) is 8.69. The van der Waals surface area contributed by atoms with Crippen molar-refractivity contribution in [3.8, 4) is 0 Å². The molecule has 1 aliphatic heterocycles. The SMILES string of the molecule is COC(=O)C1(C(COCc2ccccc2)C[N+](=O)[O-])CCCN(C(=O)O)C1. The summed E-state index contributed by atoms with van der Waals surface area (Å²) in [6.45, 7) is -0.156. The molecule has 1 aromatic carbocycles. The molecule has 1 heterocycles. The number of esters is 1. The number of nitro groups is 1. The van der Waals surface area contributed by atoms with Crippen molar-refractivity contribution in [2.75, 3.05) is 33.4 Å². The molecule has 9 heteroatoms. The van der Waals surface area contributed by atoms with Gasteiger partial charge in [0.2, 0.25) is 6.54 Å². The van der Waals surface area contributed by atoms with Crippen LogP contribution in [0.25, 0.3) is 0 Å². The van der Waals surface area contributed by atoms with Crippen LogP contribution < -0.4 is 0 Å². The number of nitrogens with zero attached hydrogens (tertiary/aromatic N) is 2. The molecular formula is C18H24N2O7. The van der Waals surface area contributed by atoms with Gasteiger partial charge in [-0.3, -0.25) is 14.9 Å². The van der Waals surface area contributed by atoms with Crippen molar-refractivity contribution < 1.29 is 29.1 Å². The average Bonchev–Trinajstić information content (AvgIpc) is 2.67. The highest BCUT2D eigenvalue weighted by molar-refractivity contribution is 5.79. The lowest BCUT2D eigenvalue weighted by Gasteiger charge is -2.42. The summed E-state index contributed by atoms with van der Waals surface area (Å²) in [6.07, 6.45) is -0.418. The summed E-state index contributed by atoms with van der Waals surface area (Å²) in [6, 6.07) is 9.31. The molecule has 0 aliphatic carbocycles. The number of carboxylic acid groups (broad SMARTS) is 1. The van der Waals surface area contributed by atoms with E-state index in [0.717, 1.165) is 10.5 Å². The van der Waals surface area contributed by atoms with Crippen LogP contribution in [0.5, 0.6) is 0 Å². The highest BCUT2D eigenvalue weighted by Gasteiger charge is 2.52. The first-order chi connectivity index (χ1) is 12.9. The van der Waals surface area contributed by atoms with E-state index in [1.54, 1.807) is 0 Å². The van der Waals surface area contributed by atoms with Crippen LogP contribution in [0.15, 0.2) is 30.3 Å². The smallest absolute Gasteiger partial charge is 0.407 e. The third kappa shape index (κ3) is 5.16. The number of benzene rings is 1. The van der Waals surface area contributed by atoms with Gasteiger partial charge in [0, 0.05) is 18.0 Å². The van der Waals surface area contributed by atoms with E-state index >= 15 is 0 Å². The van der Waals surface area contributed by atoms with E-state index in [1.165, 1.54) is 7.11 Å². The topological polar surface area (TPSA) is 119 Å². The maximum atomic E-state index is 12.6. The first kappa shape index (κ1) is 20.6. The molecule has 1 fully saturated rings. The molecule has 9 nitrogen and oxygen atoms in total. The van der Waals surface area contributed by atoms with Crippen molar-refractivity contribution in [2.45, 2.75) is 19.4 Å². The Morgan fingerprint density at radius 3 is 2.67 bits per heavy atom. The Balaban J connectivity index is 2.20. The third-order valence-corrected chi connectivity index (χ3v) is 4.97. The fourth-order valence-corrected chi connectivity index (χ4v) is 3.58. The molecule has 2 atom stereocenters. The van der Waals surface area contributed by atoms with E-state index < -0.39 is 34.9 Å². The number of methoxy groups -OCH3 is 1. The Hall–Kier alpha value is -2.68. The normalized spacial score (nSPS) is 20.7. The fourth-order valence-electron chi connectivity index (χ4n) is 3.58. The number of ether oxygens (including phenoxy) is 2. The number of rotatable bonds is 8. The van der Waals surface area contributed by atoms with Gasteiger partial charge >= 0.3 is 12.1 Å². The van der Waals surface area contributed by atoms with Crippen molar-refractivity contribution in [3.05, 3.63) is 46.0 Å². The van der Waals surface area contributed by atoms with Crippen LogP contribution in [-0.2, 0) is 20.9 Å². The lowest BCUT2D eigenvalue weighted by atomic mass is 9.70. The van der Waals surface area contributed by atoms with Gasteiger partial charge in [0.25, 0.3) is 0 Å². The van der Waals surface area contributed by atoms with E-state index in [-0.39, 0.29) is 26.3 Å². The zero-order valence-corrected chi connectivity index (χ0v) is 15.2. The molecule has 0 saturated carbocycles. The van der Waals surface area contributed by atoms with Gasteiger partial charge in [-0.05, 0) is 18.4 Å². The van der Waals surface area contributed by atoms with Gasteiger partial charge in [-0.2, -0.15) is 0 Å². The molecule has 0 radical (unpaired) electrons. The Labute approximate surface area is 157 Å². The number of hydrogen-bond donors (Lipinski definition) is 1. The molecule has 0 aromatic heterocycles. The summed E-state index contributed by atoms with van der Waals surface area (Å²) >= 11 is 0. The second-order valence-electron chi connectivity index (χ2n) is 6.67. The first-order valence-electron chi connectivity index (χ1n) is 8.69. The molecule has 1 aromatic rings. The summed E-state index contributed by atoms with van der Waals surface area (Å²) in [5.74, 6) is -1.44. The molecular weight excluding hydrogens is 356 g/mol. The molecule has 1 N–H and O–H groups in total. The molecule has 1 saturated heterocycles. The summed E-state index contributed by atoms with van der Waals surface area (Å²) in [4.78, 5) is 35.8. The minimum absolute atomic E-state index is 0.0432. The Kier molecular flexibility index (Phi) is 7.12. The summed E-state index contributed by atoms with van der Waals surface area (Å²) < 4.78 is 10.6. The predicted molar refractivity (Wildman–Crippen MR) is 94.7 cm³/mol. The van der Waals surface area contributed by atoms with Gasteiger partial charge in [0.15, 0.2) is 0 Å². The highest BCUT2D eigenvalue weighted by atomic mass is 16.6. The maximum Gasteiger partial charge on any atom is 0.407 e. The van der Waals surface area contributed by atoms with Gasteiger partial charge in [-0.1, -0.05) is 30.3 Å². The maximum absolute atomic E-state index is 12.6. The van der Waals surface area contributed by atoms with E-state index in [0.29, 0.717) is 12.8 Å². The monoisotopic (exact) mass is 380 g/mol. The van der Waals surface area contributed by atoms with Crippen LogP contribution in [0.1, 0.15) is 18.4 Å². The van der Waals surface area contributed by atoms with E-state index in [1.807, 2.05) is 30.3 Å². The summed E-state index contributed by atoms with van der Waals surface area (Å²) in [5.41, 5.74) is -0.393. The Bertz CT molecular complexity index is 667. The van der Waals surface area contributed by atoms with Gasteiger partial charge < -0.3 is 19.5 Å². The summed E-state index contributed by atoms with van der Waals surface area (Å²) in [5, 5.41) is 20.5. The van der Waals surface area contributed by atoms with E-state index in [4.69, 9.17) is 9.47 Å². The van der Waals surface area contributed by atoms with Crippen molar-refractivity contribution in [3.63, 3.8) is 0 Å². The second kappa shape index (κ2) is 9.31. The molecule has 148 valence electrons. The van der Waals surface area contributed by atoms with E-state index in [9.17, 15) is 24.8 Å². The second-order valence-corrected chi connectivity index (χ2v) is 6.67. The lowest BCUT2D eigenvalue weighted by Crippen LogP contribution is -2.56. The number of piperidine rings is 1. The van der Waals surface area contributed by atoms with Gasteiger partial charge in [0.05, 0.1) is 31.7 Å². The van der Waals surface area contributed by atoms with Crippen LogP contribution in [0.4, 0.5) is 4.79 Å². The number of likely N-dealkylation sites (tertiary alicyclic amines) is 1. The molecule has 27 heavy (non-hydrogen) atoms. The van der Waals surface area contributed by atoms with Gasteiger partial charge in [-0.15, -0.1) is 0 Å². The zero-order chi connectivity index (χ0) is 19.9. The predicted octanol–water partition coefficient (Wildman–Crippen LogP) is 2.03. The highest BCUT2D eigenvalue weighted by Crippen LogP contribution is 2.39. The summed E-state index contributed by atoms with van der Waals surface area (Å²) in [7, 11) is 1.21. The molecule has 2 unspecified atom stereocenters. The van der Waals surface area contributed by atoms with Crippen LogP contribution in [0.2, 0.25) is 0 Å². The number of carbonyl (C=O) groups is 2. The number of amides is 1.